The Morgan fingerprint density at radius 1 is 0.900 bits per heavy atom. The normalized spacial score (nSPS) is 10.9. The standard InChI is InChI=1S/C25H20Cl2N2O/c1-15-7-9-18(11-16(15)2)24-13-20(19-5-3-4-6-23(19)29-24)25(30)28-14-17-8-10-21(26)22(27)12-17/h3-13H,14H2,1-2H3,(H,28,30). The summed E-state index contributed by atoms with van der Waals surface area (Å²) in [5.74, 6) is -0.162. The molecule has 0 saturated carbocycles. The van der Waals surface area contributed by atoms with Crippen molar-refractivity contribution in [3.63, 3.8) is 0 Å². The average Bonchev–Trinajstić information content (AvgIpc) is 2.75. The molecule has 150 valence electrons. The first-order valence-electron chi connectivity index (χ1n) is 9.62. The largest absolute Gasteiger partial charge is 0.348 e. The number of para-hydroxylation sites is 1. The molecule has 3 aromatic carbocycles. The Balaban J connectivity index is 1.70. The fraction of sp³-hybridized carbons (Fsp3) is 0.120. The van der Waals surface area contributed by atoms with Crippen LogP contribution in [-0.2, 0) is 6.54 Å². The third-order valence-corrected chi connectivity index (χ3v) is 5.94. The van der Waals surface area contributed by atoms with Crippen molar-refractivity contribution in [2.75, 3.05) is 0 Å². The topological polar surface area (TPSA) is 42.0 Å². The Hall–Kier alpha value is -2.88. The molecule has 1 heterocycles. The van der Waals surface area contributed by atoms with Gasteiger partial charge in [-0.2, -0.15) is 0 Å². The van der Waals surface area contributed by atoms with Crippen molar-refractivity contribution in [3.8, 4) is 11.3 Å². The Morgan fingerprint density at radius 2 is 1.70 bits per heavy atom. The number of halogens is 2. The number of fused-ring (bicyclic) bond motifs is 1. The summed E-state index contributed by atoms with van der Waals surface area (Å²) in [5, 5.41) is 4.76. The quantitative estimate of drug-likeness (QED) is 0.385. The number of hydrogen-bond donors (Lipinski definition) is 1. The Morgan fingerprint density at radius 3 is 2.47 bits per heavy atom. The van der Waals surface area contributed by atoms with E-state index in [0.29, 0.717) is 22.2 Å². The molecule has 0 unspecified atom stereocenters. The van der Waals surface area contributed by atoms with Crippen LogP contribution in [0.1, 0.15) is 27.0 Å². The molecule has 0 bridgehead atoms. The second-order valence-electron chi connectivity index (χ2n) is 7.30. The van der Waals surface area contributed by atoms with Crippen LogP contribution in [0.4, 0.5) is 0 Å². The fourth-order valence-electron chi connectivity index (χ4n) is 3.34. The number of carbonyl (C=O) groups is 1. The minimum Gasteiger partial charge on any atom is -0.348 e. The lowest BCUT2D eigenvalue weighted by Crippen LogP contribution is -2.23. The lowest BCUT2D eigenvalue weighted by atomic mass is 10.0. The Kier molecular flexibility index (Phi) is 5.76. The van der Waals surface area contributed by atoms with Gasteiger partial charge in [0.1, 0.15) is 0 Å². The van der Waals surface area contributed by atoms with Crippen molar-refractivity contribution in [3.05, 3.63) is 99.0 Å². The highest BCUT2D eigenvalue weighted by molar-refractivity contribution is 6.42. The number of hydrogen-bond acceptors (Lipinski definition) is 2. The van der Waals surface area contributed by atoms with E-state index >= 15 is 0 Å². The molecule has 0 saturated heterocycles. The Labute approximate surface area is 185 Å². The predicted molar refractivity (Wildman–Crippen MR) is 124 cm³/mol. The summed E-state index contributed by atoms with van der Waals surface area (Å²) in [6.07, 6.45) is 0. The van der Waals surface area contributed by atoms with Crippen LogP contribution in [0.5, 0.6) is 0 Å². The first-order chi connectivity index (χ1) is 14.4. The zero-order chi connectivity index (χ0) is 21.3. The van der Waals surface area contributed by atoms with Crippen molar-refractivity contribution >= 4 is 40.0 Å². The van der Waals surface area contributed by atoms with E-state index in [1.807, 2.05) is 42.5 Å². The van der Waals surface area contributed by atoms with E-state index in [4.69, 9.17) is 28.2 Å². The number of aromatic nitrogens is 1. The van der Waals surface area contributed by atoms with E-state index in [9.17, 15) is 4.79 Å². The van der Waals surface area contributed by atoms with E-state index in [-0.39, 0.29) is 5.91 Å². The van der Waals surface area contributed by atoms with Gasteiger partial charge in [0.05, 0.1) is 26.8 Å². The van der Waals surface area contributed by atoms with Gasteiger partial charge in [-0.3, -0.25) is 4.79 Å². The predicted octanol–water partition coefficient (Wildman–Crippen LogP) is 6.76. The summed E-state index contributed by atoms with van der Waals surface area (Å²) in [6, 6.07) is 21.1. The van der Waals surface area contributed by atoms with Gasteiger partial charge in [-0.15, -0.1) is 0 Å². The highest BCUT2D eigenvalue weighted by Crippen LogP contribution is 2.27. The lowest BCUT2D eigenvalue weighted by Gasteiger charge is -2.12. The molecule has 3 nitrogen and oxygen atoms in total. The molecule has 4 rings (SSSR count). The molecule has 1 amide bonds. The Bertz CT molecular complexity index is 1270. The van der Waals surface area contributed by atoms with E-state index in [1.54, 1.807) is 12.1 Å². The molecule has 5 heteroatoms. The van der Waals surface area contributed by atoms with E-state index in [1.165, 1.54) is 11.1 Å². The SMILES string of the molecule is Cc1ccc(-c2cc(C(=O)NCc3ccc(Cl)c(Cl)c3)c3ccccc3n2)cc1C. The zero-order valence-electron chi connectivity index (χ0n) is 16.7. The van der Waals surface area contributed by atoms with Crippen LogP contribution in [0.15, 0.2) is 66.7 Å². The molecule has 0 fully saturated rings. The average molecular weight is 435 g/mol. The van der Waals surface area contributed by atoms with E-state index in [0.717, 1.165) is 27.7 Å². The minimum absolute atomic E-state index is 0.162. The molecule has 4 aromatic rings. The fourth-order valence-corrected chi connectivity index (χ4v) is 3.66. The van der Waals surface area contributed by atoms with Crippen molar-refractivity contribution in [2.24, 2.45) is 0 Å². The van der Waals surface area contributed by atoms with Crippen LogP contribution in [0.25, 0.3) is 22.2 Å². The highest BCUT2D eigenvalue weighted by atomic mass is 35.5. The first-order valence-corrected chi connectivity index (χ1v) is 10.4. The number of carbonyl (C=O) groups excluding carboxylic acids is 1. The van der Waals surface area contributed by atoms with Crippen molar-refractivity contribution in [1.29, 1.82) is 0 Å². The third kappa shape index (κ3) is 4.18. The summed E-state index contributed by atoms with van der Waals surface area (Å²) < 4.78 is 0. The number of rotatable bonds is 4. The van der Waals surface area contributed by atoms with Crippen LogP contribution in [-0.4, -0.2) is 10.9 Å². The monoisotopic (exact) mass is 434 g/mol. The zero-order valence-corrected chi connectivity index (χ0v) is 18.2. The van der Waals surface area contributed by atoms with Gasteiger partial charge in [0, 0.05) is 17.5 Å². The number of amides is 1. The summed E-state index contributed by atoms with van der Waals surface area (Å²) in [4.78, 5) is 17.9. The first kappa shape index (κ1) is 20.4. The smallest absolute Gasteiger partial charge is 0.252 e. The van der Waals surface area contributed by atoms with Gasteiger partial charge in [-0.25, -0.2) is 4.98 Å². The summed E-state index contributed by atoms with van der Waals surface area (Å²) in [5.41, 5.74) is 6.43. The second kappa shape index (κ2) is 8.47. The van der Waals surface area contributed by atoms with E-state index in [2.05, 4.69) is 31.3 Å². The van der Waals surface area contributed by atoms with Gasteiger partial charge in [-0.05, 0) is 60.9 Å². The van der Waals surface area contributed by atoms with Gasteiger partial charge < -0.3 is 5.32 Å². The molecule has 0 spiro atoms. The molecule has 0 atom stereocenters. The van der Waals surface area contributed by atoms with Gasteiger partial charge >= 0.3 is 0 Å². The number of nitrogens with zero attached hydrogens (tertiary/aromatic N) is 1. The maximum atomic E-state index is 13.1. The lowest BCUT2D eigenvalue weighted by molar-refractivity contribution is 0.0952. The third-order valence-electron chi connectivity index (χ3n) is 5.20. The van der Waals surface area contributed by atoms with Crippen molar-refractivity contribution in [2.45, 2.75) is 20.4 Å². The maximum absolute atomic E-state index is 13.1. The molecule has 30 heavy (non-hydrogen) atoms. The van der Waals surface area contributed by atoms with Gasteiger partial charge in [0.25, 0.3) is 5.91 Å². The van der Waals surface area contributed by atoms with Crippen LogP contribution in [0.3, 0.4) is 0 Å². The van der Waals surface area contributed by atoms with Crippen LogP contribution in [0.2, 0.25) is 10.0 Å². The number of benzene rings is 3. The second-order valence-corrected chi connectivity index (χ2v) is 8.12. The number of aryl methyl sites for hydroxylation is 2. The van der Waals surface area contributed by atoms with Gasteiger partial charge in [0.15, 0.2) is 0 Å². The molecule has 0 radical (unpaired) electrons. The molecule has 0 aliphatic heterocycles. The van der Waals surface area contributed by atoms with Gasteiger partial charge in [-0.1, -0.05) is 59.6 Å². The summed E-state index contributed by atoms with van der Waals surface area (Å²) in [7, 11) is 0. The van der Waals surface area contributed by atoms with Crippen molar-refractivity contribution in [1.82, 2.24) is 10.3 Å². The maximum Gasteiger partial charge on any atom is 0.252 e. The minimum atomic E-state index is -0.162. The molecule has 1 N–H and O–H groups in total. The summed E-state index contributed by atoms with van der Waals surface area (Å²) in [6.45, 7) is 4.50. The number of nitrogens with one attached hydrogen (secondary N) is 1. The van der Waals surface area contributed by atoms with Crippen LogP contribution < -0.4 is 5.32 Å². The van der Waals surface area contributed by atoms with E-state index < -0.39 is 0 Å². The van der Waals surface area contributed by atoms with Crippen LogP contribution >= 0.6 is 23.2 Å². The molecular formula is C25H20Cl2N2O. The molecule has 0 aliphatic rings. The van der Waals surface area contributed by atoms with Crippen molar-refractivity contribution < 1.29 is 4.79 Å². The van der Waals surface area contributed by atoms with Gasteiger partial charge in [0.2, 0.25) is 0 Å². The van der Waals surface area contributed by atoms with Crippen LogP contribution in [0, 0.1) is 13.8 Å². The number of pyridine rings is 1. The summed E-state index contributed by atoms with van der Waals surface area (Å²) >= 11 is 12.1. The molecule has 0 aliphatic carbocycles. The molecular weight excluding hydrogens is 415 g/mol. The molecule has 1 aromatic heterocycles. The highest BCUT2D eigenvalue weighted by Gasteiger charge is 2.14.